The number of halogens is 3. The van der Waals surface area contributed by atoms with Gasteiger partial charge in [-0.05, 0) is 17.7 Å². The second-order valence-electron chi connectivity index (χ2n) is 6.03. The van der Waals surface area contributed by atoms with Crippen molar-refractivity contribution in [2.45, 2.75) is 18.6 Å². The van der Waals surface area contributed by atoms with E-state index in [-0.39, 0.29) is 43.8 Å². The number of piperazine rings is 2. The molecule has 0 saturated carbocycles. The summed E-state index contributed by atoms with van der Waals surface area (Å²) in [6.45, 7) is 0.635. The van der Waals surface area contributed by atoms with Crippen LogP contribution in [0, 0.1) is 0 Å². The van der Waals surface area contributed by atoms with Gasteiger partial charge in [0, 0.05) is 13.1 Å². The van der Waals surface area contributed by atoms with E-state index < -0.39 is 17.8 Å². The Morgan fingerprint density at radius 2 is 1.84 bits per heavy atom. The van der Waals surface area contributed by atoms with Crippen molar-refractivity contribution in [3.63, 3.8) is 0 Å². The van der Waals surface area contributed by atoms with Crippen LogP contribution in [0.3, 0.4) is 0 Å². The molecule has 1 unspecified atom stereocenters. The van der Waals surface area contributed by atoms with E-state index in [1.807, 2.05) is 0 Å². The van der Waals surface area contributed by atoms with Gasteiger partial charge in [0.15, 0.2) is 0 Å². The average molecular weight is 355 g/mol. The summed E-state index contributed by atoms with van der Waals surface area (Å²) < 4.78 is 37.7. The number of benzene rings is 1. The molecule has 9 heteroatoms. The van der Waals surface area contributed by atoms with Crippen molar-refractivity contribution in [1.82, 2.24) is 15.1 Å². The van der Waals surface area contributed by atoms with E-state index in [1.54, 1.807) is 0 Å². The SMILES string of the molecule is O=C1NCC(=O)N2CCN(C(=O)Cc3ccc(C(F)(F)F)cc3)CC12. The quantitative estimate of drug-likeness (QED) is 0.836. The lowest BCUT2D eigenvalue weighted by Crippen LogP contribution is -2.66. The van der Waals surface area contributed by atoms with Crippen LogP contribution in [0.25, 0.3) is 0 Å². The molecule has 2 saturated heterocycles. The van der Waals surface area contributed by atoms with Gasteiger partial charge >= 0.3 is 6.18 Å². The maximum Gasteiger partial charge on any atom is 0.416 e. The minimum absolute atomic E-state index is 0.0329. The number of nitrogens with zero attached hydrogens (tertiary/aromatic N) is 2. The summed E-state index contributed by atoms with van der Waals surface area (Å²) >= 11 is 0. The Balaban J connectivity index is 1.64. The van der Waals surface area contributed by atoms with E-state index in [1.165, 1.54) is 21.9 Å². The van der Waals surface area contributed by atoms with Gasteiger partial charge in [-0.15, -0.1) is 0 Å². The highest BCUT2D eigenvalue weighted by Gasteiger charge is 2.39. The van der Waals surface area contributed by atoms with Crippen LogP contribution in [0.15, 0.2) is 24.3 Å². The minimum atomic E-state index is -4.42. The number of carbonyl (C=O) groups is 3. The fourth-order valence-corrected chi connectivity index (χ4v) is 3.01. The molecule has 0 aromatic heterocycles. The van der Waals surface area contributed by atoms with Crippen molar-refractivity contribution >= 4 is 17.7 Å². The van der Waals surface area contributed by atoms with Gasteiger partial charge in [0.2, 0.25) is 17.7 Å². The third-order valence-electron chi connectivity index (χ3n) is 4.41. The molecule has 1 atom stereocenters. The number of carbonyl (C=O) groups excluding carboxylic acids is 3. The molecule has 1 aromatic rings. The van der Waals surface area contributed by atoms with Crippen LogP contribution in [-0.2, 0) is 27.0 Å². The predicted octanol–water partition coefficient (Wildman–Crippen LogP) is 0.417. The normalized spacial score (nSPS) is 21.0. The lowest BCUT2D eigenvalue weighted by Gasteiger charge is -2.42. The van der Waals surface area contributed by atoms with E-state index in [0.29, 0.717) is 12.1 Å². The van der Waals surface area contributed by atoms with Gasteiger partial charge in [-0.25, -0.2) is 0 Å². The van der Waals surface area contributed by atoms with Crippen LogP contribution >= 0.6 is 0 Å². The van der Waals surface area contributed by atoms with Crippen molar-refractivity contribution in [1.29, 1.82) is 0 Å². The second-order valence-corrected chi connectivity index (χ2v) is 6.03. The van der Waals surface area contributed by atoms with Gasteiger partial charge in [0.1, 0.15) is 6.04 Å². The van der Waals surface area contributed by atoms with Crippen LogP contribution in [0.4, 0.5) is 13.2 Å². The lowest BCUT2D eigenvalue weighted by atomic mass is 10.1. The van der Waals surface area contributed by atoms with Gasteiger partial charge < -0.3 is 15.1 Å². The first kappa shape index (κ1) is 17.2. The molecule has 2 fully saturated rings. The molecular weight excluding hydrogens is 339 g/mol. The third-order valence-corrected chi connectivity index (χ3v) is 4.41. The van der Waals surface area contributed by atoms with Crippen molar-refractivity contribution in [3.8, 4) is 0 Å². The molecule has 3 amide bonds. The molecule has 6 nitrogen and oxygen atoms in total. The molecule has 134 valence electrons. The van der Waals surface area contributed by atoms with Crippen LogP contribution in [-0.4, -0.2) is 59.7 Å². The summed E-state index contributed by atoms with van der Waals surface area (Å²) in [5, 5.41) is 2.49. The van der Waals surface area contributed by atoms with Crippen molar-refractivity contribution in [2.24, 2.45) is 0 Å². The van der Waals surface area contributed by atoms with Gasteiger partial charge in [-0.2, -0.15) is 13.2 Å². The van der Waals surface area contributed by atoms with E-state index >= 15 is 0 Å². The van der Waals surface area contributed by atoms with Crippen LogP contribution in [0.1, 0.15) is 11.1 Å². The zero-order valence-electron chi connectivity index (χ0n) is 13.2. The zero-order chi connectivity index (χ0) is 18.2. The molecular formula is C16H16F3N3O3. The fourth-order valence-electron chi connectivity index (χ4n) is 3.01. The van der Waals surface area contributed by atoms with Crippen molar-refractivity contribution in [2.75, 3.05) is 26.2 Å². The molecule has 25 heavy (non-hydrogen) atoms. The van der Waals surface area contributed by atoms with Gasteiger partial charge in [-0.3, -0.25) is 14.4 Å². The summed E-state index contributed by atoms with van der Waals surface area (Å²) in [6.07, 6.45) is -4.47. The molecule has 0 bridgehead atoms. The van der Waals surface area contributed by atoms with E-state index in [2.05, 4.69) is 5.32 Å². The lowest BCUT2D eigenvalue weighted by molar-refractivity contribution is -0.152. The number of amides is 3. The Kier molecular flexibility index (Phi) is 4.40. The van der Waals surface area contributed by atoms with E-state index in [4.69, 9.17) is 0 Å². The molecule has 0 spiro atoms. The van der Waals surface area contributed by atoms with Crippen LogP contribution in [0.5, 0.6) is 0 Å². The zero-order valence-corrected chi connectivity index (χ0v) is 13.2. The number of hydrogen-bond acceptors (Lipinski definition) is 3. The predicted molar refractivity (Wildman–Crippen MR) is 80.2 cm³/mol. The standard InChI is InChI=1S/C16H16F3N3O3/c17-16(18,19)11-3-1-10(2-4-11)7-13(23)21-5-6-22-12(9-21)15(25)20-8-14(22)24/h1-4,12H,5-9H2,(H,20,25). The largest absolute Gasteiger partial charge is 0.416 e. The fraction of sp³-hybridized carbons (Fsp3) is 0.438. The summed E-state index contributed by atoms with van der Waals surface area (Å²) in [6, 6.07) is 3.72. The number of nitrogens with one attached hydrogen (secondary N) is 1. The molecule has 1 N–H and O–H groups in total. The number of hydrogen-bond donors (Lipinski definition) is 1. The summed E-state index contributed by atoms with van der Waals surface area (Å²) in [4.78, 5) is 39.0. The average Bonchev–Trinajstić information content (AvgIpc) is 2.57. The monoisotopic (exact) mass is 355 g/mol. The maximum atomic E-state index is 12.6. The molecule has 0 radical (unpaired) electrons. The van der Waals surface area contributed by atoms with E-state index in [9.17, 15) is 27.6 Å². The summed E-state index contributed by atoms with van der Waals surface area (Å²) in [5.74, 6) is -0.767. The topological polar surface area (TPSA) is 69.7 Å². The number of fused-ring (bicyclic) bond motifs is 1. The highest BCUT2D eigenvalue weighted by Crippen LogP contribution is 2.29. The number of alkyl halides is 3. The second kappa shape index (κ2) is 6.38. The first-order valence-corrected chi connectivity index (χ1v) is 7.77. The Hall–Kier alpha value is -2.58. The highest BCUT2D eigenvalue weighted by molar-refractivity contribution is 5.95. The third kappa shape index (κ3) is 3.59. The Morgan fingerprint density at radius 1 is 1.16 bits per heavy atom. The highest BCUT2D eigenvalue weighted by atomic mass is 19.4. The van der Waals surface area contributed by atoms with Gasteiger partial charge in [0.25, 0.3) is 0 Å². The van der Waals surface area contributed by atoms with Gasteiger partial charge in [-0.1, -0.05) is 12.1 Å². The smallest absolute Gasteiger partial charge is 0.345 e. The van der Waals surface area contributed by atoms with Gasteiger partial charge in [0.05, 0.1) is 25.1 Å². The van der Waals surface area contributed by atoms with E-state index in [0.717, 1.165) is 12.1 Å². The van der Waals surface area contributed by atoms with Crippen LogP contribution in [0.2, 0.25) is 0 Å². The first-order valence-electron chi connectivity index (χ1n) is 7.77. The number of rotatable bonds is 2. The first-order chi connectivity index (χ1) is 11.8. The molecule has 1 aromatic carbocycles. The minimum Gasteiger partial charge on any atom is -0.345 e. The molecule has 2 heterocycles. The van der Waals surface area contributed by atoms with Crippen molar-refractivity contribution in [3.05, 3.63) is 35.4 Å². The molecule has 2 aliphatic rings. The molecule has 0 aliphatic carbocycles. The maximum absolute atomic E-state index is 12.6. The Morgan fingerprint density at radius 3 is 2.48 bits per heavy atom. The summed E-state index contributed by atoms with van der Waals surface area (Å²) in [5.41, 5.74) is -0.306. The Labute approximate surface area is 141 Å². The molecule has 3 rings (SSSR count). The molecule has 2 aliphatic heterocycles. The summed E-state index contributed by atoms with van der Waals surface area (Å²) in [7, 11) is 0. The Bertz CT molecular complexity index is 703. The van der Waals surface area contributed by atoms with Crippen LogP contribution < -0.4 is 5.32 Å². The van der Waals surface area contributed by atoms with Crippen molar-refractivity contribution < 1.29 is 27.6 Å².